The summed E-state index contributed by atoms with van der Waals surface area (Å²) in [6, 6.07) is 11.2. The van der Waals surface area contributed by atoms with Crippen LogP contribution in [0.5, 0.6) is 0 Å². The van der Waals surface area contributed by atoms with Crippen LogP contribution in [0.15, 0.2) is 30.3 Å². The third-order valence-electron chi connectivity index (χ3n) is 0.903. The van der Waals surface area contributed by atoms with Crippen molar-refractivity contribution in [2.45, 2.75) is 6.92 Å². The number of rotatable bonds is 0. The Balaban J connectivity index is 0.000000292. The van der Waals surface area contributed by atoms with Gasteiger partial charge in [0.05, 0.1) is 11.6 Å². The number of benzene rings is 1. The van der Waals surface area contributed by atoms with Crippen molar-refractivity contribution in [2.24, 2.45) is 5.73 Å². The number of hydrogen-bond acceptors (Lipinski definition) is 2. The monoisotopic (exact) mass is 148 g/mol. The van der Waals surface area contributed by atoms with Crippen LogP contribution in [0.25, 0.3) is 0 Å². The van der Waals surface area contributed by atoms with Crippen LogP contribution in [0, 0.1) is 11.3 Å². The molecule has 1 rings (SSSR count). The Bertz CT molecular complexity index is 211. The fourth-order valence-electron chi connectivity index (χ4n) is 0.513. The molecule has 0 atom stereocenters. The van der Waals surface area contributed by atoms with Crippen LogP contribution in [0.2, 0.25) is 0 Å². The molecule has 0 heterocycles. The van der Waals surface area contributed by atoms with Gasteiger partial charge in [-0.05, 0) is 18.7 Å². The highest BCUT2D eigenvalue weighted by Crippen LogP contribution is 1.92. The van der Waals surface area contributed by atoms with Gasteiger partial charge in [-0.15, -0.1) is 0 Å². The van der Waals surface area contributed by atoms with Gasteiger partial charge in [-0.2, -0.15) is 5.26 Å². The minimum atomic E-state index is 0.715. The maximum Gasteiger partial charge on any atom is 0.0991 e. The molecule has 0 spiro atoms. The summed E-state index contributed by atoms with van der Waals surface area (Å²) >= 11 is 0. The lowest BCUT2D eigenvalue weighted by atomic mass is 10.2. The molecule has 0 aliphatic rings. The standard InChI is InChI=1S/C7H5N.C2H7N/c8-6-7-4-2-1-3-5-7;1-2-3/h1-5H;2-3H2,1H3. The average Bonchev–Trinajstić information content (AvgIpc) is 2.08. The maximum atomic E-state index is 8.29. The lowest BCUT2D eigenvalue weighted by Crippen LogP contribution is -1.87. The molecule has 0 aromatic heterocycles. The molecule has 0 aliphatic heterocycles. The number of nitriles is 1. The van der Waals surface area contributed by atoms with Gasteiger partial charge in [-0.25, -0.2) is 0 Å². The van der Waals surface area contributed by atoms with Gasteiger partial charge in [0.2, 0.25) is 0 Å². The molecule has 0 amide bonds. The zero-order valence-corrected chi connectivity index (χ0v) is 6.62. The van der Waals surface area contributed by atoms with Crippen LogP contribution in [-0.2, 0) is 0 Å². The van der Waals surface area contributed by atoms with Gasteiger partial charge in [0.25, 0.3) is 0 Å². The molecule has 0 unspecified atom stereocenters. The predicted molar refractivity (Wildman–Crippen MR) is 45.9 cm³/mol. The molecule has 0 fully saturated rings. The van der Waals surface area contributed by atoms with E-state index in [0.29, 0.717) is 5.56 Å². The summed E-state index contributed by atoms with van der Waals surface area (Å²) in [5, 5.41) is 8.29. The zero-order chi connectivity index (χ0) is 8.53. The summed E-state index contributed by atoms with van der Waals surface area (Å²) in [4.78, 5) is 0. The van der Waals surface area contributed by atoms with E-state index in [1.807, 2.05) is 31.2 Å². The van der Waals surface area contributed by atoms with E-state index in [1.54, 1.807) is 12.1 Å². The summed E-state index contributed by atoms with van der Waals surface area (Å²) in [5.41, 5.74) is 5.56. The predicted octanol–water partition coefficient (Wildman–Crippen LogP) is 1.52. The van der Waals surface area contributed by atoms with Crippen LogP contribution in [0.1, 0.15) is 12.5 Å². The second-order valence-electron chi connectivity index (χ2n) is 1.89. The van der Waals surface area contributed by atoms with Gasteiger partial charge in [0.1, 0.15) is 0 Å². The van der Waals surface area contributed by atoms with Crippen molar-refractivity contribution in [2.75, 3.05) is 6.54 Å². The van der Waals surface area contributed by atoms with Crippen LogP contribution >= 0.6 is 0 Å². The molecule has 2 N–H and O–H groups in total. The fraction of sp³-hybridized carbons (Fsp3) is 0.222. The Labute approximate surface area is 67.3 Å². The lowest BCUT2D eigenvalue weighted by Gasteiger charge is -1.80. The summed E-state index contributed by atoms with van der Waals surface area (Å²) < 4.78 is 0. The Kier molecular flexibility index (Phi) is 5.96. The molecular weight excluding hydrogens is 136 g/mol. The fourth-order valence-corrected chi connectivity index (χ4v) is 0.513. The molecule has 0 radical (unpaired) electrons. The van der Waals surface area contributed by atoms with E-state index >= 15 is 0 Å². The molecule has 0 saturated heterocycles. The number of nitrogens with zero attached hydrogens (tertiary/aromatic N) is 1. The van der Waals surface area contributed by atoms with E-state index in [4.69, 9.17) is 11.0 Å². The van der Waals surface area contributed by atoms with Crippen molar-refractivity contribution in [1.29, 1.82) is 5.26 Å². The minimum Gasteiger partial charge on any atom is -0.331 e. The molecule has 58 valence electrons. The van der Waals surface area contributed by atoms with Crippen molar-refractivity contribution >= 4 is 0 Å². The van der Waals surface area contributed by atoms with Gasteiger partial charge < -0.3 is 5.73 Å². The Morgan fingerprint density at radius 1 is 1.36 bits per heavy atom. The second-order valence-corrected chi connectivity index (χ2v) is 1.89. The van der Waals surface area contributed by atoms with E-state index in [-0.39, 0.29) is 0 Å². The minimum absolute atomic E-state index is 0.715. The highest BCUT2D eigenvalue weighted by Gasteiger charge is 1.79. The first-order valence-electron chi connectivity index (χ1n) is 3.50. The first-order valence-corrected chi connectivity index (χ1v) is 3.50. The van der Waals surface area contributed by atoms with Crippen molar-refractivity contribution in [3.8, 4) is 6.07 Å². The maximum absolute atomic E-state index is 8.29. The Morgan fingerprint density at radius 3 is 2.09 bits per heavy atom. The van der Waals surface area contributed by atoms with E-state index in [9.17, 15) is 0 Å². The van der Waals surface area contributed by atoms with E-state index in [0.717, 1.165) is 6.54 Å². The van der Waals surface area contributed by atoms with Crippen LogP contribution in [0.3, 0.4) is 0 Å². The van der Waals surface area contributed by atoms with E-state index < -0.39 is 0 Å². The van der Waals surface area contributed by atoms with Crippen molar-refractivity contribution in [3.63, 3.8) is 0 Å². The van der Waals surface area contributed by atoms with Gasteiger partial charge in [0.15, 0.2) is 0 Å². The molecule has 1 aromatic rings. The average molecular weight is 148 g/mol. The van der Waals surface area contributed by atoms with Crippen LogP contribution < -0.4 is 5.73 Å². The largest absolute Gasteiger partial charge is 0.331 e. The van der Waals surface area contributed by atoms with E-state index in [2.05, 4.69) is 0 Å². The van der Waals surface area contributed by atoms with Crippen LogP contribution in [0.4, 0.5) is 0 Å². The topological polar surface area (TPSA) is 49.8 Å². The number of hydrogen-bond donors (Lipinski definition) is 1. The number of nitrogens with two attached hydrogens (primary N) is 1. The summed E-state index contributed by atoms with van der Waals surface area (Å²) in [5.74, 6) is 0. The molecule has 2 nitrogen and oxygen atoms in total. The van der Waals surface area contributed by atoms with Gasteiger partial charge in [-0.1, -0.05) is 25.1 Å². The normalized spacial score (nSPS) is 7.36. The molecule has 1 aromatic carbocycles. The van der Waals surface area contributed by atoms with Crippen molar-refractivity contribution in [1.82, 2.24) is 0 Å². The van der Waals surface area contributed by atoms with Gasteiger partial charge in [0, 0.05) is 0 Å². The molecule has 11 heavy (non-hydrogen) atoms. The lowest BCUT2D eigenvalue weighted by molar-refractivity contribution is 1.14. The zero-order valence-electron chi connectivity index (χ0n) is 6.62. The first kappa shape index (κ1) is 9.67. The second kappa shape index (κ2) is 6.79. The highest BCUT2D eigenvalue weighted by molar-refractivity contribution is 5.27. The summed E-state index contributed by atoms with van der Waals surface area (Å²) in [7, 11) is 0. The van der Waals surface area contributed by atoms with E-state index in [1.165, 1.54) is 0 Å². The Hall–Kier alpha value is -1.33. The van der Waals surface area contributed by atoms with Gasteiger partial charge >= 0.3 is 0 Å². The highest BCUT2D eigenvalue weighted by atomic mass is 14.5. The SMILES string of the molecule is CCN.N#Cc1ccccc1. The van der Waals surface area contributed by atoms with Crippen molar-refractivity contribution in [3.05, 3.63) is 35.9 Å². The summed E-state index contributed by atoms with van der Waals surface area (Å²) in [6.07, 6.45) is 0. The summed E-state index contributed by atoms with van der Waals surface area (Å²) in [6.45, 7) is 2.65. The molecule has 0 bridgehead atoms. The van der Waals surface area contributed by atoms with Crippen molar-refractivity contribution < 1.29 is 0 Å². The van der Waals surface area contributed by atoms with Gasteiger partial charge in [-0.3, -0.25) is 0 Å². The smallest absolute Gasteiger partial charge is 0.0991 e. The third-order valence-corrected chi connectivity index (χ3v) is 0.903. The first-order chi connectivity index (χ1) is 5.35. The quantitative estimate of drug-likeness (QED) is 0.606. The Morgan fingerprint density at radius 2 is 1.82 bits per heavy atom. The molecule has 0 aliphatic carbocycles. The molecular formula is C9H12N2. The molecule has 0 saturated carbocycles. The molecule has 2 heteroatoms. The third kappa shape index (κ3) is 5.13. The van der Waals surface area contributed by atoms with Crippen LogP contribution in [-0.4, -0.2) is 6.54 Å².